The molecule has 2 saturated heterocycles. The van der Waals surface area contributed by atoms with Gasteiger partial charge in [0.2, 0.25) is 0 Å². The van der Waals surface area contributed by atoms with Gasteiger partial charge in [0.15, 0.2) is 5.11 Å². The van der Waals surface area contributed by atoms with Gasteiger partial charge in [-0.15, -0.1) is 0 Å². The van der Waals surface area contributed by atoms with Gasteiger partial charge in [-0.2, -0.15) is 0 Å². The van der Waals surface area contributed by atoms with E-state index in [1.807, 2.05) is 24.5 Å². The Balaban J connectivity index is 1.43. The van der Waals surface area contributed by atoms with Crippen LogP contribution >= 0.6 is 12.2 Å². The topological polar surface area (TPSA) is 58.5 Å². The zero-order valence-electron chi connectivity index (χ0n) is 22.0. The number of benzene rings is 1. The van der Waals surface area contributed by atoms with Gasteiger partial charge in [0.25, 0.3) is 0 Å². The van der Waals surface area contributed by atoms with Crippen molar-refractivity contribution in [3.05, 3.63) is 101 Å². The fraction of sp³-hybridized carbons (Fsp3) is 0.300. The molecule has 0 unspecified atom stereocenters. The molecule has 0 amide bonds. The number of morpholine rings is 1. The number of hydrogen-bond donors (Lipinski definition) is 1. The molecule has 3 aromatic heterocycles. The molecular formula is C30H32N6OS. The Morgan fingerprint density at radius 3 is 2.37 bits per heavy atom. The van der Waals surface area contributed by atoms with Crippen molar-refractivity contribution < 1.29 is 4.74 Å². The third kappa shape index (κ3) is 4.44. The summed E-state index contributed by atoms with van der Waals surface area (Å²) in [6, 6.07) is 21.1. The molecule has 2 aliphatic rings. The lowest BCUT2D eigenvalue weighted by atomic mass is 9.96. The molecule has 8 heteroatoms. The summed E-state index contributed by atoms with van der Waals surface area (Å²) in [7, 11) is 0. The summed E-state index contributed by atoms with van der Waals surface area (Å²) in [4.78, 5) is 14.0. The fourth-order valence-electron chi connectivity index (χ4n) is 5.63. The van der Waals surface area contributed by atoms with E-state index in [2.05, 4.69) is 89.0 Å². The summed E-state index contributed by atoms with van der Waals surface area (Å²) < 4.78 is 7.76. The number of pyridine rings is 2. The van der Waals surface area contributed by atoms with E-state index in [0.29, 0.717) is 5.11 Å². The number of aryl methyl sites for hydroxylation is 2. The lowest BCUT2D eigenvalue weighted by molar-refractivity contribution is 0.122. The molecule has 0 aliphatic carbocycles. The fourth-order valence-corrected chi connectivity index (χ4v) is 5.97. The van der Waals surface area contributed by atoms with Crippen LogP contribution in [0.25, 0.3) is 5.82 Å². The number of nitrogens with one attached hydrogen (secondary N) is 1. The van der Waals surface area contributed by atoms with Crippen LogP contribution in [0.2, 0.25) is 0 Å². The average molecular weight is 525 g/mol. The van der Waals surface area contributed by atoms with Crippen molar-refractivity contribution in [2.24, 2.45) is 0 Å². The molecule has 1 aromatic carbocycles. The first-order valence-electron chi connectivity index (χ1n) is 13.1. The smallest absolute Gasteiger partial charge is 0.174 e. The van der Waals surface area contributed by atoms with Crippen LogP contribution in [-0.4, -0.2) is 46.0 Å². The van der Waals surface area contributed by atoms with Crippen molar-refractivity contribution >= 4 is 28.7 Å². The van der Waals surface area contributed by atoms with E-state index < -0.39 is 0 Å². The normalized spacial score (nSPS) is 19.6. The Morgan fingerprint density at radius 2 is 1.68 bits per heavy atom. The third-order valence-corrected chi connectivity index (χ3v) is 7.83. The molecule has 0 saturated carbocycles. The number of rotatable bonds is 5. The van der Waals surface area contributed by atoms with Gasteiger partial charge in [0, 0.05) is 48.2 Å². The highest BCUT2D eigenvalue weighted by atomic mass is 32.1. The van der Waals surface area contributed by atoms with Crippen molar-refractivity contribution in [2.45, 2.75) is 32.9 Å². The monoisotopic (exact) mass is 524 g/mol. The largest absolute Gasteiger partial charge is 0.378 e. The minimum atomic E-state index is -0.0949. The highest BCUT2D eigenvalue weighted by Crippen LogP contribution is 2.44. The first-order valence-corrected chi connectivity index (χ1v) is 13.5. The molecular weight excluding hydrogens is 492 g/mol. The van der Waals surface area contributed by atoms with Crippen molar-refractivity contribution in [1.82, 2.24) is 19.9 Å². The first kappa shape index (κ1) is 24.6. The molecule has 0 radical (unpaired) electrons. The van der Waals surface area contributed by atoms with Crippen LogP contribution in [0.15, 0.2) is 73.1 Å². The highest BCUT2D eigenvalue weighted by molar-refractivity contribution is 7.80. The van der Waals surface area contributed by atoms with E-state index in [0.717, 1.165) is 60.5 Å². The second kappa shape index (κ2) is 10.2. The lowest BCUT2D eigenvalue weighted by Gasteiger charge is -2.31. The van der Waals surface area contributed by atoms with Crippen LogP contribution in [0.1, 0.15) is 40.3 Å². The van der Waals surface area contributed by atoms with Gasteiger partial charge in [0.05, 0.1) is 31.0 Å². The van der Waals surface area contributed by atoms with Crippen LogP contribution in [0.5, 0.6) is 0 Å². The maximum atomic E-state index is 5.97. The van der Waals surface area contributed by atoms with Gasteiger partial charge in [-0.3, -0.25) is 4.98 Å². The summed E-state index contributed by atoms with van der Waals surface area (Å²) in [5.41, 5.74) is 7.84. The maximum absolute atomic E-state index is 5.97. The Labute approximate surface area is 229 Å². The predicted molar refractivity (Wildman–Crippen MR) is 155 cm³/mol. The van der Waals surface area contributed by atoms with Crippen LogP contribution in [0, 0.1) is 20.8 Å². The second-order valence-corrected chi connectivity index (χ2v) is 10.4. The lowest BCUT2D eigenvalue weighted by Crippen LogP contribution is -2.36. The molecule has 5 heterocycles. The highest BCUT2D eigenvalue weighted by Gasteiger charge is 2.42. The third-order valence-electron chi connectivity index (χ3n) is 7.52. The molecule has 4 aromatic rings. The summed E-state index contributed by atoms with van der Waals surface area (Å²) in [6.45, 7) is 9.71. The Hall–Kier alpha value is -3.75. The minimum Gasteiger partial charge on any atom is -0.378 e. The molecule has 2 atom stereocenters. The van der Waals surface area contributed by atoms with Gasteiger partial charge in [-0.1, -0.05) is 12.1 Å². The van der Waals surface area contributed by atoms with Crippen LogP contribution in [0.4, 0.5) is 11.4 Å². The van der Waals surface area contributed by atoms with Gasteiger partial charge in [0.1, 0.15) is 5.82 Å². The van der Waals surface area contributed by atoms with E-state index in [1.54, 1.807) is 0 Å². The molecule has 0 spiro atoms. The predicted octanol–water partition coefficient (Wildman–Crippen LogP) is 5.21. The molecule has 2 aliphatic heterocycles. The van der Waals surface area contributed by atoms with Crippen LogP contribution in [0.3, 0.4) is 0 Å². The van der Waals surface area contributed by atoms with E-state index in [9.17, 15) is 0 Å². The van der Waals surface area contributed by atoms with Crippen molar-refractivity contribution in [1.29, 1.82) is 0 Å². The SMILES string of the molecule is Cc1ccc(-n2c(C)cc([C@H]3[C@H](c4ccccn4)NC(=S)N3c3ccc(N4CCOCC4)cc3)c2C)nc1. The molecule has 7 nitrogen and oxygen atoms in total. The number of nitrogens with zero attached hydrogens (tertiary/aromatic N) is 5. The molecule has 0 bridgehead atoms. The van der Waals surface area contributed by atoms with Crippen molar-refractivity contribution in [3.63, 3.8) is 0 Å². The first-order chi connectivity index (χ1) is 18.5. The molecule has 1 N–H and O–H groups in total. The minimum absolute atomic E-state index is 0.0722. The average Bonchev–Trinajstić information content (AvgIpc) is 3.45. The quantitative estimate of drug-likeness (QED) is 0.360. The Morgan fingerprint density at radius 1 is 0.921 bits per heavy atom. The van der Waals surface area contributed by atoms with Crippen molar-refractivity contribution in [2.75, 3.05) is 36.1 Å². The zero-order chi connectivity index (χ0) is 26.2. The summed E-state index contributed by atoms with van der Waals surface area (Å²) in [5.74, 6) is 0.918. The van der Waals surface area contributed by atoms with Crippen molar-refractivity contribution in [3.8, 4) is 5.82 Å². The number of hydrogen-bond acceptors (Lipinski definition) is 5. The molecule has 2 fully saturated rings. The Kier molecular flexibility index (Phi) is 6.59. The van der Waals surface area contributed by atoms with E-state index >= 15 is 0 Å². The van der Waals surface area contributed by atoms with Gasteiger partial charge in [-0.25, -0.2) is 4.98 Å². The van der Waals surface area contributed by atoms with Crippen LogP contribution in [-0.2, 0) is 4.74 Å². The molecule has 194 valence electrons. The summed E-state index contributed by atoms with van der Waals surface area (Å²) >= 11 is 5.97. The molecule has 38 heavy (non-hydrogen) atoms. The van der Waals surface area contributed by atoms with E-state index in [4.69, 9.17) is 26.9 Å². The van der Waals surface area contributed by atoms with Gasteiger partial charge in [-0.05, 0) is 92.6 Å². The second-order valence-electron chi connectivity index (χ2n) is 9.97. The zero-order valence-corrected chi connectivity index (χ0v) is 22.8. The number of anilines is 2. The van der Waals surface area contributed by atoms with Gasteiger partial charge >= 0.3 is 0 Å². The van der Waals surface area contributed by atoms with E-state index in [1.165, 1.54) is 11.3 Å². The van der Waals surface area contributed by atoms with Gasteiger partial charge < -0.3 is 24.4 Å². The molecule has 6 rings (SSSR count). The summed E-state index contributed by atoms with van der Waals surface area (Å²) in [5, 5.41) is 4.29. The van der Waals surface area contributed by atoms with E-state index in [-0.39, 0.29) is 12.1 Å². The number of ether oxygens (including phenoxy) is 1. The number of aromatic nitrogens is 3. The Bertz CT molecular complexity index is 1430. The number of thiocarbonyl (C=S) groups is 1. The standard InChI is InChI=1S/C30H32N6OS/c1-20-7-12-27(32-19-20)35-21(2)18-25(22(35)3)29-28(26-6-4-5-13-31-26)33-30(38)36(29)24-10-8-23(9-11-24)34-14-16-37-17-15-34/h4-13,18-19,28-29H,14-17H2,1-3H3,(H,33,38)/t28-,29-/m0/s1. The summed E-state index contributed by atoms with van der Waals surface area (Å²) in [6.07, 6.45) is 3.76. The van der Waals surface area contributed by atoms with Crippen LogP contribution < -0.4 is 15.1 Å². The maximum Gasteiger partial charge on any atom is 0.174 e.